The number of halogens is 1. The maximum Gasteiger partial charge on any atom is 0.307 e. The van der Waals surface area contributed by atoms with Crippen LogP contribution in [0.5, 0.6) is 5.75 Å². The number of carboxylic acid groups (broad SMARTS) is 1. The van der Waals surface area contributed by atoms with E-state index in [0.717, 1.165) is 65.6 Å². The van der Waals surface area contributed by atoms with Gasteiger partial charge in [0, 0.05) is 18.3 Å². The number of carboxylic acids is 1. The van der Waals surface area contributed by atoms with Gasteiger partial charge in [-0.05, 0) is 130 Å². The van der Waals surface area contributed by atoms with Crippen molar-refractivity contribution in [3.05, 3.63) is 50.0 Å². The van der Waals surface area contributed by atoms with Crippen molar-refractivity contribution in [3.63, 3.8) is 0 Å². The normalized spacial score (nSPS) is 17.8. The molecule has 0 amide bonds. The molecule has 2 aromatic rings. The molecule has 0 aromatic heterocycles. The highest BCUT2D eigenvalue weighted by Gasteiger charge is 2.30. The average Bonchev–Trinajstić information content (AvgIpc) is 2.89. The van der Waals surface area contributed by atoms with Crippen molar-refractivity contribution in [2.24, 2.45) is 0 Å². The highest BCUT2D eigenvalue weighted by Crippen LogP contribution is 2.45. The summed E-state index contributed by atoms with van der Waals surface area (Å²) in [7, 11) is 0. The number of benzene rings is 2. The monoisotopic (exact) mass is 587 g/mol. The first kappa shape index (κ1) is 31.2. The van der Waals surface area contributed by atoms with Gasteiger partial charge in [0.25, 0.3) is 0 Å². The third kappa shape index (κ3) is 7.36. The third-order valence-corrected chi connectivity index (χ3v) is 9.89. The van der Waals surface area contributed by atoms with Gasteiger partial charge in [0.2, 0.25) is 0 Å². The Morgan fingerprint density at radius 1 is 1.02 bits per heavy atom. The maximum absolute atomic E-state index is 12.0. The minimum Gasteiger partial charge on any atom is -0.492 e. The average molecular weight is 588 g/mol. The molecule has 0 saturated heterocycles. The second kappa shape index (κ2) is 13.1. The number of rotatable bonds is 5. The summed E-state index contributed by atoms with van der Waals surface area (Å²) in [5, 5.41) is 19.7. The van der Waals surface area contributed by atoms with E-state index in [4.69, 9.17) is 21.4 Å². The van der Waals surface area contributed by atoms with Crippen LogP contribution in [-0.4, -0.2) is 44.5 Å². The lowest BCUT2D eigenvalue weighted by atomic mass is 9.79. The van der Waals surface area contributed by atoms with Gasteiger partial charge >= 0.3 is 5.97 Å². The number of aliphatic carboxylic acids is 1. The number of hydrogen-bond donors (Lipinski definition) is 2. The van der Waals surface area contributed by atoms with Crippen molar-refractivity contribution in [1.82, 2.24) is 4.31 Å². The molecule has 2 N–H and O–H groups in total. The summed E-state index contributed by atoms with van der Waals surface area (Å²) in [5.41, 5.74) is 10.0. The minimum absolute atomic E-state index is 0.0282. The Kier molecular flexibility index (Phi) is 10.2. The van der Waals surface area contributed by atoms with Crippen LogP contribution in [0.2, 0.25) is 5.02 Å². The van der Waals surface area contributed by atoms with E-state index in [9.17, 15) is 9.90 Å². The zero-order valence-corrected chi connectivity index (χ0v) is 26.7. The Balaban J connectivity index is 0.000000681. The molecule has 2 aromatic carbocycles. The van der Waals surface area contributed by atoms with Crippen LogP contribution < -0.4 is 4.74 Å². The number of hydrogen-bond acceptors (Lipinski definition) is 5. The van der Waals surface area contributed by atoms with Gasteiger partial charge in [-0.3, -0.25) is 4.79 Å². The smallest absolute Gasteiger partial charge is 0.307 e. The molecule has 5 nitrogen and oxygen atoms in total. The number of fused-ring (bicyclic) bond motifs is 2. The topological polar surface area (TPSA) is 70.0 Å². The first-order chi connectivity index (χ1) is 18.8. The van der Waals surface area contributed by atoms with Crippen LogP contribution in [0.4, 0.5) is 0 Å². The van der Waals surface area contributed by atoms with Gasteiger partial charge in [-0.25, -0.2) is 4.31 Å². The van der Waals surface area contributed by atoms with E-state index in [0.29, 0.717) is 11.6 Å². The van der Waals surface area contributed by atoms with Crippen LogP contribution in [0.15, 0.2) is 6.07 Å². The Morgan fingerprint density at radius 3 is 2.35 bits per heavy atom. The number of carbonyl (C=O) groups is 1. The molecule has 1 fully saturated rings. The molecular weight excluding hydrogens is 542 g/mol. The molecule has 1 aliphatic carbocycles. The Labute approximate surface area is 249 Å². The highest BCUT2D eigenvalue weighted by atomic mass is 35.5. The molecular formula is C33H46ClNO4S. The van der Waals surface area contributed by atoms with Gasteiger partial charge in [0.05, 0.1) is 23.7 Å². The van der Waals surface area contributed by atoms with Crippen LogP contribution >= 0.6 is 23.5 Å². The predicted octanol–water partition coefficient (Wildman–Crippen LogP) is 8.00. The van der Waals surface area contributed by atoms with Crippen molar-refractivity contribution in [1.29, 1.82) is 0 Å². The molecule has 0 spiro atoms. The quantitative estimate of drug-likeness (QED) is 0.345. The molecule has 220 valence electrons. The summed E-state index contributed by atoms with van der Waals surface area (Å²) >= 11 is 8.80. The summed E-state index contributed by atoms with van der Waals surface area (Å²) in [5.74, 6) is 0.0189. The summed E-state index contributed by atoms with van der Waals surface area (Å²) in [6.45, 7) is 14.3. The standard InChI is InChI=1S/C29H36ClNO3S.C4H10O/c1-17-21-11-12-31(35-20-8-5-4-6-9-20)16-25(21)19(3)28(24(17)15-27(32)33)23-14-26(30)29-22(18(23)2)10-7-13-34-29;1-4(2,3)5/h14,20H,4-13,15-16H2,1-3H3,(H,32,33);5H,1-3H3. The molecule has 2 heterocycles. The lowest BCUT2D eigenvalue weighted by Gasteiger charge is -2.35. The van der Waals surface area contributed by atoms with Crippen LogP contribution in [0, 0.1) is 20.8 Å². The minimum atomic E-state index is -0.788. The van der Waals surface area contributed by atoms with Gasteiger partial charge in [0.15, 0.2) is 0 Å². The van der Waals surface area contributed by atoms with Crippen molar-refractivity contribution in [2.45, 2.75) is 117 Å². The van der Waals surface area contributed by atoms with Crippen molar-refractivity contribution >= 4 is 29.5 Å². The van der Waals surface area contributed by atoms with E-state index in [2.05, 4.69) is 37.0 Å². The van der Waals surface area contributed by atoms with Gasteiger partial charge < -0.3 is 14.9 Å². The molecule has 1 saturated carbocycles. The largest absolute Gasteiger partial charge is 0.492 e. The summed E-state index contributed by atoms with van der Waals surface area (Å²) < 4.78 is 8.48. The Hall–Kier alpha value is -1.73. The molecule has 3 aliphatic rings. The summed E-state index contributed by atoms with van der Waals surface area (Å²) in [6.07, 6.45) is 9.65. The second-order valence-electron chi connectivity index (χ2n) is 12.6. The third-order valence-electron chi connectivity index (χ3n) is 8.23. The first-order valence-corrected chi connectivity index (χ1v) is 16.0. The number of ether oxygens (including phenoxy) is 1. The van der Waals surface area contributed by atoms with Crippen molar-refractivity contribution in [3.8, 4) is 16.9 Å². The predicted molar refractivity (Wildman–Crippen MR) is 167 cm³/mol. The summed E-state index contributed by atoms with van der Waals surface area (Å²) in [4.78, 5) is 12.0. The molecule has 40 heavy (non-hydrogen) atoms. The van der Waals surface area contributed by atoms with E-state index < -0.39 is 11.6 Å². The summed E-state index contributed by atoms with van der Waals surface area (Å²) in [6, 6.07) is 2.01. The molecule has 0 bridgehead atoms. The Bertz CT molecular complexity index is 1240. The first-order valence-electron chi connectivity index (χ1n) is 14.8. The van der Waals surface area contributed by atoms with E-state index in [1.165, 1.54) is 59.9 Å². The molecule has 2 aliphatic heterocycles. The van der Waals surface area contributed by atoms with Crippen LogP contribution in [-0.2, 0) is 30.6 Å². The van der Waals surface area contributed by atoms with Crippen molar-refractivity contribution in [2.75, 3.05) is 13.2 Å². The number of nitrogens with zero attached hydrogens (tertiary/aromatic N) is 1. The lowest BCUT2D eigenvalue weighted by molar-refractivity contribution is -0.136. The zero-order chi connectivity index (χ0) is 29.2. The fourth-order valence-corrected chi connectivity index (χ4v) is 8.01. The van der Waals surface area contributed by atoms with E-state index in [1.54, 1.807) is 20.8 Å². The molecule has 5 rings (SSSR count). The molecule has 7 heteroatoms. The van der Waals surface area contributed by atoms with Gasteiger partial charge in [0.1, 0.15) is 5.75 Å². The fraction of sp³-hybridized carbons (Fsp3) is 0.606. The lowest BCUT2D eigenvalue weighted by Crippen LogP contribution is -2.30. The fourth-order valence-electron chi connectivity index (χ4n) is 6.37. The molecule has 0 atom stereocenters. The SMILES string of the molecule is CC(C)(C)O.Cc1c(-c2c(C)c3c(c(C)c2CC(=O)O)CCN(SC2CCCCC2)C3)cc(Cl)c2c1CCCO2. The Morgan fingerprint density at radius 2 is 1.70 bits per heavy atom. The van der Waals surface area contributed by atoms with Crippen LogP contribution in [0.25, 0.3) is 11.1 Å². The van der Waals surface area contributed by atoms with E-state index in [-0.39, 0.29) is 6.42 Å². The van der Waals surface area contributed by atoms with Crippen LogP contribution in [0.1, 0.15) is 98.2 Å². The molecule has 0 unspecified atom stereocenters. The number of aliphatic hydroxyl groups is 1. The highest BCUT2D eigenvalue weighted by molar-refractivity contribution is 7.97. The van der Waals surface area contributed by atoms with Crippen molar-refractivity contribution < 1.29 is 19.7 Å². The van der Waals surface area contributed by atoms with Gasteiger partial charge in [-0.1, -0.05) is 42.8 Å². The second-order valence-corrected chi connectivity index (χ2v) is 14.4. The van der Waals surface area contributed by atoms with E-state index in [1.807, 2.05) is 6.07 Å². The van der Waals surface area contributed by atoms with E-state index >= 15 is 0 Å². The zero-order valence-electron chi connectivity index (χ0n) is 25.1. The maximum atomic E-state index is 12.0. The van der Waals surface area contributed by atoms with Crippen LogP contribution in [0.3, 0.4) is 0 Å². The van der Waals surface area contributed by atoms with Gasteiger partial charge in [-0.15, -0.1) is 0 Å². The van der Waals surface area contributed by atoms with Gasteiger partial charge in [-0.2, -0.15) is 0 Å². The molecule has 0 radical (unpaired) electrons.